The minimum absolute atomic E-state index is 0.0406. The summed E-state index contributed by atoms with van der Waals surface area (Å²) in [7, 11) is 1.61. The maximum Gasteiger partial charge on any atom is 0.314 e. The van der Waals surface area contributed by atoms with Crippen LogP contribution < -0.4 is 16.6 Å². The van der Waals surface area contributed by atoms with Crippen molar-refractivity contribution in [1.29, 1.82) is 0 Å². The molecule has 0 aliphatic carbocycles. The first kappa shape index (κ1) is 15.4. The van der Waals surface area contributed by atoms with Gasteiger partial charge in [0.05, 0.1) is 12.3 Å². The Bertz CT molecular complexity index is 535. The first-order valence-corrected chi connectivity index (χ1v) is 7.10. The van der Waals surface area contributed by atoms with E-state index in [4.69, 9.17) is 10.5 Å². The van der Waals surface area contributed by atoms with Crippen molar-refractivity contribution in [3.8, 4) is 0 Å². The van der Waals surface area contributed by atoms with Gasteiger partial charge in [-0.25, -0.2) is 4.79 Å². The van der Waals surface area contributed by atoms with E-state index in [9.17, 15) is 9.59 Å². The average molecular weight is 294 g/mol. The first-order valence-electron chi connectivity index (χ1n) is 7.10. The van der Waals surface area contributed by atoms with Crippen molar-refractivity contribution in [2.24, 2.45) is 5.73 Å². The molecule has 3 N–H and O–H groups in total. The number of carbonyl (C=O) groups is 1. The highest BCUT2D eigenvalue weighted by Crippen LogP contribution is 2.15. The molecule has 0 spiro atoms. The average Bonchev–Trinajstić information content (AvgIpc) is 2.48. The summed E-state index contributed by atoms with van der Waals surface area (Å²) in [4.78, 5) is 24.4. The van der Waals surface area contributed by atoms with Gasteiger partial charge in [-0.1, -0.05) is 0 Å². The largest absolute Gasteiger partial charge is 0.383 e. The number of pyridine rings is 1. The summed E-state index contributed by atoms with van der Waals surface area (Å²) >= 11 is 0. The summed E-state index contributed by atoms with van der Waals surface area (Å²) < 4.78 is 6.62. The number of nitrogens with one attached hydrogen (secondary N) is 1. The van der Waals surface area contributed by atoms with Crippen molar-refractivity contribution >= 4 is 11.7 Å². The Balaban J connectivity index is 1.94. The monoisotopic (exact) mass is 294 g/mol. The van der Waals surface area contributed by atoms with E-state index in [1.54, 1.807) is 28.7 Å². The minimum atomic E-state index is -0.360. The predicted molar refractivity (Wildman–Crippen MR) is 80.4 cm³/mol. The molecule has 1 fully saturated rings. The molecule has 7 nitrogen and oxygen atoms in total. The molecule has 0 unspecified atom stereocenters. The second-order valence-electron chi connectivity index (χ2n) is 5.19. The molecule has 1 aromatic rings. The number of piperidine rings is 1. The van der Waals surface area contributed by atoms with Crippen molar-refractivity contribution in [2.75, 3.05) is 32.1 Å². The second kappa shape index (κ2) is 7.12. The van der Waals surface area contributed by atoms with Crippen molar-refractivity contribution in [1.82, 2.24) is 9.47 Å². The standard InChI is InChI=1S/C14H22N4O3/c1-21-9-8-18-10-12(2-3-13(18)19)16-11-4-6-17(7-5-11)14(15)20/h2-3,10-11,16H,4-9H2,1H3,(H2,15,20). The van der Waals surface area contributed by atoms with E-state index in [0.29, 0.717) is 26.2 Å². The topological polar surface area (TPSA) is 89.6 Å². The van der Waals surface area contributed by atoms with Gasteiger partial charge < -0.3 is 25.3 Å². The molecule has 1 aromatic heterocycles. The number of nitrogens with zero attached hydrogens (tertiary/aromatic N) is 2. The number of methoxy groups -OCH3 is 1. The van der Waals surface area contributed by atoms with Crippen LogP contribution in [0.3, 0.4) is 0 Å². The van der Waals surface area contributed by atoms with Gasteiger partial charge in [-0.3, -0.25) is 4.79 Å². The lowest BCUT2D eigenvalue weighted by atomic mass is 10.1. The summed E-state index contributed by atoms with van der Waals surface area (Å²) in [6.45, 7) is 2.36. The van der Waals surface area contributed by atoms with Crippen LogP contribution in [0.25, 0.3) is 0 Å². The molecular formula is C14H22N4O3. The second-order valence-corrected chi connectivity index (χ2v) is 5.19. The van der Waals surface area contributed by atoms with E-state index in [-0.39, 0.29) is 17.6 Å². The third kappa shape index (κ3) is 4.22. The molecule has 1 saturated heterocycles. The van der Waals surface area contributed by atoms with Crippen molar-refractivity contribution < 1.29 is 9.53 Å². The molecule has 21 heavy (non-hydrogen) atoms. The van der Waals surface area contributed by atoms with Crippen molar-refractivity contribution in [2.45, 2.75) is 25.4 Å². The number of hydrogen-bond donors (Lipinski definition) is 2. The van der Waals surface area contributed by atoms with Gasteiger partial charge in [0.2, 0.25) is 0 Å². The normalized spacial score (nSPS) is 16.0. The van der Waals surface area contributed by atoms with Crippen LogP contribution in [-0.2, 0) is 11.3 Å². The molecule has 2 amide bonds. The molecule has 2 heterocycles. The zero-order chi connectivity index (χ0) is 15.2. The van der Waals surface area contributed by atoms with Crippen LogP contribution >= 0.6 is 0 Å². The van der Waals surface area contributed by atoms with Crippen molar-refractivity contribution in [3.63, 3.8) is 0 Å². The molecular weight excluding hydrogens is 272 g/mol. The molecule has 0 atom stereocenters. The zero-order valence-corrected chi connectivity index (χ0v) is 12.2. The van der Waals surface area contributed by atoms with Gasteiger partial charge in [0.1, 0.15) is 0 Å². The summed E-state index contributed by atoms with van der Waals surface area (Å²) in [5.74, 6) is 0. The van der Waals surface area contributed by atoms with E-state index in [0.717, 1.165) is 18.5 Å². The van der Waals surface area contributed by atoms with E-state index in [2.05, 4.69) is 5.32 Å². The van der Waals surface area contributed by atoms with Crippen molar-refractivity contribution in [3.05, 3.63) is 28.7 Å². The van der Waals surface area contributed by atoms with Gasteiger partial charge >= 0.3 is 6.03 Å². The van der Waals surface area contributed by atoms with E-state index in [1.807, 2.05) is 6.20 Å². The molecule has 0 saturated carbocycles. The number of amides is 2. The lowest BCUT2D eigenvalue weighted by Crippen LogP contribution is -2.44. The maximum absolute atomic E-state index is 11.7. The van der Waals surface area contributed by atoms with Gasteiger partial charge in [0.15, 0.2) is 0 Å². The zero-order valence-electron chi connectivity index (χ0n) is 12.2. The number of likely N-dealkylation sites (tertiary alicyclic amines) is 1. The lowest BCUT2D eigenvalue weighted by Gasteiger charge is -2.31. The van der Waals surface area contributed by atoms with Gasteiger partial charge in [-0.2, -0.15) is 0 Å². The number of primary amides is 1. The summed E-state index contributed by atoms with van der Waals surface area (Å²) in [6, 6.07) is 3.26. The van der Waals surface area contributed by atoms with Gasteiger partial charge in [0.25, 0.3) is 5.56 Å². The van der Waals surface area contributed by atoms with E-state index >= 15 is 0 Å². The molecule has 0 radical (unpaired) electrons. The fourth-order valence-electron chi connectivity index (χ4n) is 2.46. The Labute approximate surface area is 123 Å². The van der Waals surface area contributed by atoms with E-state index < -0.39 is 0 Å². The highest BCUT2D eigenvalue weighted by molar-refractivity contribution is 5.72. The Morgan fingerprint density at radius 2 is 2.14 bits per heavy atom. The fraction of sp³-hybridized carbons (Fsp3) is 0.571. The number of urea groups is 1. The lowest BCUT2D eigenvalue weighted by molar-refractivity contribution is 0.186. The van der Waals surface area contributed by atoms with Crippen LogP contribution in [0.4, 0.5) is 10.5 Å². The van der Waals surface area contributed by atoms with Crippen LogP contribution in [0.15, 0.2) is 23.1 Å². The maximum atomic E-state index is 11.7. The number of carbonyl (C=O) groups excluding carboxylic acids is 1. The summed E-state index contributed by atoms with van der Waals surface area (Å²) in [5.41, 5.74) is 6.13. The molecule has 1 aliphatic heterocycles. The van der Waals surface area contributed by atoms with Gasteiger partial charge in [-0.05, 0) is 18.9 Å². The van der Waals surface area contributed by atoms with Crippen LogP contribution in [0.1, 0.15) is 12.8 Å². The number of hydrogen-bond acceptors (Lipinski definition) is 4. The Kier molecular flexibility index (Phi) is 5.21. The number of anilines is 1. The number of ether oxygens (including phenoxy) is 1. The van der Waals surface area contributed by atoms with E-state index in [1.165, 1.54) is 0 Å². The highest BCUT2D eigenvalue weighted by Gasteiger charge is 2.21. The quantitative estimate of drug-likeness (QED) is 0.825. The smallest absolute Gasteiger partial charge is 0.314 e. The minimum Gasteiger partial charge on any atom is -0.383 e. The van der Waals surface area contributed by atoms with Crippen LogP contribution in [0.5, 0.6) is 0 Å². The Morgan fingerprint density at radius 1 is 1.43 bits per heavy atom. The van der Waals surface area contributed by atoms with Gasteiger partial charge in [-0.15, -0.1) is 0 Å². The summed E-state index contributed by atoms with van der Waals surface area (Å²) in [5, 5.41) is 3.41. The molecule has 0 aromatic carbocycles. The molecule has 7 heteroatoms. The fourth-order valence-corrected chi connectivity index (χ4v) is 2.46. The Morgan fingerprint density at radius 3 is 2.76 bits per heavy atom. The highest BCUT2D eigenvalue weighted by atomic mass is 16.5. The molecule has 116 valence electrons. The number of nitrogens with two attached hydrogens (primary N) is 1. The molecule has 0 bridgehead atoms. The Hall–Kier alpha value is -2.02. The van der Waals surface area contributed by atoms with Crippen LogP contribution in [0, 0.1) is 0 Å². The molecule has 2 rings (SSSR count). The first-order chi connectivity index (χ1) is 10.1. The molecule has 1 aliphatic rings. The SMILES string of the molecule is COCCn1cc(NC2CCN(C(N)=O)CC2)ccc1=O. The van der Waals surface area contributed by atoms with Crippen LogP contribution in [0.2, 0.25) is 0 Å². The number of aromatic nitrogens is 1. The predicted octanol–water partition coefficient (Wildman–Crippen LogP) is 0.450. The number of rotatable bonds is 5. The third-order valence-corrected chi connectivity index (χ3v) is 3.70. The third-order valence-electron chi connectivity index (χ3n) is 3.70. The van der Waals surface area contributed by atoms with Crippen LogP contribution in [-0.4, -0.2) is 48.3 Å². The van der Waals surface area contributed by atoms with Gasteiger partial charge in [0, 0.05) is 45.0 Å². The summed E-state index contributed by atoms with van der Waals surface area (Å²) in [6.07, 6.45) is 3.50.